The van der Waals surface area contributed by atoms with Gasteiger partial charge in [-0.15, -0.1) is 0 Å². The standard InChI is InChI=1S/C24H18ClFN4O3S/c25-21-18(14-4-2-1-3-5-14)12-19-23(22(21)26)29-30-24(19)28-13-16-8-11-20(33-16)15-6-9-17(10-7-15)34(27,31)32/h1-12H,13H2,(H2,27,31,32)(H2,28,29,30). The molecule has 10 heteroatoms. The van der Waals surface area contributed by atoms with E-state index in [1.165, 1.54) is 12.1 Å². The Labute approximate surface area is 199 Å². The Morgan fingerprint density at radius 1 is 1.03 bits per heavy atom. The molecule has 0 aliphatic carbocycles. The third kappa shape index (κ3) is 4.16. The number of aromatic nitrogens is 2. The number of rotatable bonds is 6. The number of hydrogen-bond donors (Lipinski definition) is 3. The SMILES string of the molecule is NS(=O)(=O)c1ccc(-c2ccc(CNc3n[nH]c4c(F)c(Cl)c(-c5ccccc5)cc34)o2)cc1. The molecule has 5 rings (SSSR count). The Balaban J connectivity index is 1.39. The Hall–Kier alpha value is -3.66. The van der Waals surface area contributed by atoms with Crippen LogP contribution < -0.4 is 10.5 Å². The van der Waals surface area contributed by atoms with Crippen molar-refractivity contribution in [3.8, 4) is 22.5 Å². The van der Waals surface area contributed by atoms with Crippen LogP contribution in [0.2, 0.25) is 5.02 Å². The van der Waals surface area contributed by atoms with E-state index in [0.717, 1.165) is 5.56 Å². The third-order valence-electron chi connectivity index (χ3n) is 5.39. The minimum atomic E-state index is -3.76. The lowest BCUT2D eigenvalue weighted by Crippen LogP contribution is -2.11. The summed E-state index contributed by atoms with van der Waals surface area (Å²) in [6, 6.07) is 20.8. The molecule has 0 fully saturated rings. The van der Waals surface area contributed by atoms with Crippen molar-refractivity contribution in [1.29, 1.82) is 0 Å². The van der Waals surface area contributed by atoms with Gasteiger partial charge in [-0.1, -0.05) is 41.9 Å². The number of anilines is 1. The van der Waals surface area contributed by atoms with Crippen molar-refractivity contribution in [1.82, 2.24) is 10.2 Å². The molecule has 0 aliphatic rings. The second-order valence-electron chi connectivity index (χ2n) is 7.60. The topological polar surface area (TPSA) is 114 Å². The highest BCUT2D eigenvalue weighted by Gasteiger charge is 2.18. The quantitative estimate of drug-likeness (QED) is 0.285. The smallest absolute Gasteiger partial charge is 0.238 e. The summed E-state index contributed by atoms with van der Waals surface area (Å²) in [6.45, 7) is 0.292. The molecular formula is C24H18ClFN4O3S. The average molecular weight is 497 g/mol. The van der Waals surface area contributed by atoms with E-state index in [0.29, 0.717) is 40.4 Å². The van der Waals surface area contributed by atoms with E-state index >= 15 is 0 Å². The summed E-state index contributed by atoms with van der Waals surface area (Å²) in [5.41, 5.74) is 2.28. The maximum absolute atomic E-state index is 14.9. The van der Waals surface area contributed by atoms with Gasteiger partial charge in [0.1, 0.15) is 17.0 Å². The van der Waals surface area contributed by atoms with Crippen LogP contribution >= 0.6 is 11.6 Å². The minimum Gasteiger partial charge on any atom is -0.459 e. The van der Waals surface area contributed by atoms with E-state index in [-0.39, 0.29) is 15.4 Å². The first-order valence-electron chi connectivity index (χ1n) is 10.2. The number of fused-ring (bicyclic) bond motifs is 1. The first kappa shape index (κ1) is 22.1. The van der Waals surface area contributed by atoms with Gasteiger partial charge in [0.25, 0.3) is 0 Å². The summed E-state index contributed by atoms with van der Waals surface area (Å²) in [5, 5.41) is 15.8. The van der Waals surface area contributed by atoms with Crippen molar-refractivity contribution in [2.45, 2.75) is 11.4 Å². The highest BCUT2D eigenvalue weighted by Crippen LogP contribution is 2.37. The molecular weight excluding hydrogens is 479 g/mol. The van der Waals surface area contributed by atoms with Gasteiger partial charge in [-0.2, -0.15) is 5.10 Å². The Morgan fingerprint density at radius 2 is 1.76 bits per heavy atom. The van der Waals surface area contributed by atoms with Crippen molar-refractivity contribution in [2.24, 2.45) is 5.14 Å². The van der Waals surface area contributed by atoms with Crippen LogP contribution in [-0.4, -0.2) is 18.6 Å². The third-order valence-corrected chi connectivity index (χ3v) is 6.68. The molecule has 34 heavy (non-hydrogen) atoms. The van der Waals surface area contributed by atoms with Crippen LogP contribution in [0.3, 0.4) is 0 Å². The first-order chi connectivity index (χ1) is 16.3. The number of nitrogens with one attached hydrogen (secondary N) is 2. The summed E-state index contributed by atoms with van der Waals surface area (Å²) in [5.74, 6) is 1.06. The van der Waals surface area contributed by atoms with Gasteiger partial charge in [0.15, 0.2) is 11.6 Å². The molecule has 0 unspecified atom stereocenters. The first-order valence-corrected chi connectivity index (χ1v) is 12.1. The van der Waals surface area contributed by atoms with Crippen LogP contribution in [0, 0.1) is 5.82 Å². The Bertz CT molecular complexity index is 1600. The zero-order chi connectivity index (χ0) is 23.9. The number of halogens is 2. The number of furan rings is 1. The van der Waals surface area contributed by atoms with E-state index in [4.69, 9.17) is 21.2 Å². The Kier molecular flexibility index (Phi) is 5.60. The molecule has 0 amide bonds. The second kappa shape index (κ2) is 8.60. The van der Waals surface area contributed by atoms with Gasteiger partial charge in [-0.3, -0.25) is 5.10 Å². The predicted molar refractivity (Wildman–Crippen MR) is 129 cm³/mol. The number of nitrogens with two attached hydrogens (primary N) is 1. The molecule has 0 aliphatic heterocycles. The number of sulfonamides is 1. The molecule has 0 bridgehead atoms. The van der Waals surface area contributed by atoms with E-state index in [9.17, 15) is 12.8 Å². The van der Waals surface area contributed by atoms with Crippen molar-refractivity contribution >= 4 is 38.3 Å². The highest BCUT2D eigenvalue weighted by atomic mass is 35.5. The number of nitrogens with zero attached hydrogens (tertiary/aromatic N) is 1. The van der Waals surface area contributed by atoms with Crippen LogP contribution in [0.1, 0.15) is 5.76 Å². The van der Waals surface area contributed by atoms with E-state index in [1.54, 1.807) is 30.3 Å². The lowest BCUT2D eigenvalue weighted by molar-refractivity contribution is 0.531. The van der Waals surface area contributed by atoms with Gasteiger partial charge in [0.2, 0.25) is 10.0 Å². The second-order valence-corrected chi connectivity index (χ2v) is 9.54. The minimum absolute atomic E-state index is 0.0253. The molecule has 0 saturated heterocycles. The summed E-state index contributed by atoms with van der Waals surface area (Å²) < 4.78 is 43.6. The molecule has 172 valence electrons. The summed E-state index contributed by atoms with van der Waals surface area (Å²) in [4.78, 5) is 0.0253. The molecule has 7 nitrogen and oxygen atoms in total. The summed E-state index contributed by atoms with van der Waals surface area (Å²) in [7, 11) is -3.76. The van der Waals surface area contributed by atoms with Gasteiger partial charge in [0.05, 0.1) is 16.5 Å². The lowest BCUT2D eigenvalue weighted by atomic mass is 10.0. The van der Waals surface area contributed by atoms with Crippen molar-refractivity contribution < 1.29 is 17.2 Å². The average Bonchev–Trinajstić information content (AvgIpc) is 3.47. The number of H-pyrrole nitrogens is 1. The summed E-state index contributed by atoms with van der Waals surface area (Å²) >= 11 is 6.29. The van der Waals surface area contributed by atoms with Crippen molar-refractivity contribution in [3.63, 3.8) is 0 Å². The molecule has 2 heterocycles. The molecule has 4 N–H and O–H groups in total. The molecule has 5 aromatic rings. The monoisotopic (exact) mass is 496 g/mol. The molecule has 2 aromatic heterocycles. The van der Waals surface area contributed by atoms with Gasteiger partial charge in [-0.05, 0) is 48.0 Å². The van der Waals surface area contributed by atoms with E-state index in [1.807, 2.05) is 30.3 Å². The van der Waals surface area contributed by atoms with Crippen molar-refractivity contribution in [2.75, 3.05) is 5.32 Å². The van der Waals surface area contributed by atoms with Gasteiger partial charge >= 0.3 is 0 Å². The number of primary sulfonamides is 1. The molecule has 0 spiro atoms. The van der Waals surface area contributed by atoms with E-state index in [2.05, 4.69) is 15.5 Å². The van der Waals surface area contributed by atoms with Gasteiger partial charge in [0, 0.05) is 16.5 Å². The normalized spacial score (nSPS) is 11.7. The van der Waals surface area contributed by atoms with E-state index < -0.39 is 15.8 Å². The number of benzene rings is 3. The fourth-order valence-electron chi connectivity index (χ4n) is 3.66. The van der Waals surface area contributed by atoms with Crippen LogP contribution in [0.25, 0.3) is 33.4 Å². The molecule has 3 aromatic carbocycles. The van der Waals surface area contributed by atoms with Crippen molar-refractivity contribution in [3.05, 3.63) is 89.4 Å². The lowest BCUT2D eigenvalue weighted by Gasteiger charge is -2.08. The van der Waals surface area contributed by atoms with Gasteiger partial charge in [-0.25, -0.2) is 17.9 Å². The molecule has 0 radical (unpaired) electrons. The maximum Gasteiger partial charge on any atom is 0.238 e. The fourth-order valence-corrected chi connectivity index (χ4v) is 4.44. The predicted octanol–water partition coefficient (Wildman–Crippen LogP) is 5.54. The largest absolute Gasteiger partial charge is 0.459 e. The summed E-state index contributed by atoms with van der Waals surface area (Å²) in [6.07, 6.45) is 0. The van der Waals surface area contributed by atoms with Gasteiger partial charge < -0.3 is 9.73 Å². The van der Waals surface area contributed by atoms with Crippen LogP contribution in [0.4, 0.5) is 10.2 Å². The molecule has 0 atom stereocenters. The van der Waals surface area contributed by atoms with Crippen LogP contribution in [0.5, 0.6) is 0 Å². The number of hydrogen-bond acceptors (Lipinski definition) is 5. The maximum atomic E-state index is 14.9. The zero-order valence-corrected chi connectivity index (χ0v) is 19.1. The molecule has 0 saturated carbocycles. The highest BCUT2D eigenvalue weighted by molar-refractivity contribution is 7.89. The van der Waals surface area contributed by atoms with Crippen LogP contribution in [0.15, 0.2) is 82.1 Å². The number of aromatic amines is 1. The van der Waals surface area contributed by atoms with Crippen LogP contribution in [-0.2, 0) is 16.6 Å². The zero-order valence-electron chi connectivity index (χ0n) is 17.5. The fraction of sp³-hybridized carbons (Fsp3) is 0.0417. The Morgan fingerprint density at radius 3 is 2.47 bits per heavy atom.